The number of hydrogen-bond donors (Lipinski definition) is 1. The predicted octanol–water partition coefficient (Wildman–Crippen LogP) is 2.49. The van der Waals surface area contributed by atoms with E-state index in [-0.39, 0.29) is 6.04 Å². The molecule has 0 saturated heterocycles. The Balaban J connectivity index is 3.00. The summed E-state index contributed by atoms with van der Waals surface area (Å²) < 4.78 is 0. The second-order valence-electron chi connectivity index (χ2n) is 2.66. The third-order valence-corrected chi connectivity index (χ3v) is 1.87. The quantitative estimate of drug-likeness (QED) is 0.551. The molecule has 0 radical (unpaired) electrons. The van der Waals surface area contributed by atoms with Crippen molar-refractivity contribution in [2.45, 2.75) is 19.4 Å². The highest BCUT2D eigenvalue weighted by Gasteiger charge is 2.10. The van der Waals surface area contributed by atoms with E-state index in [1.165, 1.54) is 0 Å². The standard InChI is InChI=1S/C9H12N2O/c1-2-9(11-12)7-5-3-4-6-8(7)10/h3-6,9H,2,10H2,1H3. The van der Waals surface area contributed by atoms with Gasteiger partial charge in [-0.25, -0.2) is 0 Å². The number of benzene rings is 1. The third-order valence-electron chi connectivity index (χ3n) is 1.87. The van der Waals surface area contributed by atoms with Crippen LogP contribution in [0.4, 0.5) is 5.69 Å². The van der Waals surface area contributed by atoms with Gasteiger partial charge in [0.1, 0.15) is 6.04 Å². The van der Waals surface area contributed by atoms with Gasteiger partial charge in [-0.1, -0.05) is 30.3 Å². The maximum Gasteiger partial charge on any atom is 0.119 e. The average molecular weight is 164 g/mol. The van der Waals surface area contributed by atoms with E-state index in [4.69, 9.17) is 5.73 Å². The van der Waals surface area contributed by atoms with Gasteiger partial charge in [0, 0.05) is 11.3 Å². The highest BCUT2D eigenvalue weighted by Crippen LogP contribution is 2.25. The summed E-state index contributed by atoms with van der Waals surface area (Å²) in [6, 6.07) is 7.02. The lowest BCUT2D eigenvalue weighted by atomic mass is 10.0. The number of rotatable bonds is 3. The summed E-state index contributed by atoms with van der Waals surface area (Å²) in [6.07, 6.45) is 0.692. The summed E-state index contributed by atoms with van der Waals surface area (Å²) in [7, 11) is 0. The maximum absolute atomic E-state index is 10.4. The van der Waals surface area contributed by atoms with E-state index in [2.05, 4.69) is 5.18 Å². The van der Waals surface area contributed by atoms with E-state index in [1.54, 1.807) is 6.07 Å². The summed E-state index contributed by atoms with van der Waals surface area (Å²) in [5.74, 6) is 0. The van der Waals surface area contributed by atoms with Crippen LogP contribution in [-0.4, -0.2) is 0 Å². The van der Waals surface area contributed by atoms with Crippen molar-refractivity contribution in [3.8, 4) is 0 Å². The highest BCUT2D eigenvalue weighted by molar-refractivity contribution is 5.48. The molecule has 2 N–H and O–H groups in total. The fraction of sp³-hybridized carbons (Fsp3) is 0.333. The van der Waals surface area contributed by atoms with Gasteiger partial charge in [0.25, 0.3) is 0 Å². The van der Waals surface area contributed by atoms with Gasteiger partial charge in [-0.2, -0.15) is 4.91 Å². The van der Waals surface area contributed by atoms with Gasteiger partial charge in [0.2, 0.25) is 0 Å². The second-order valence-corrected chi connectivity index (χ2v) is 2.66. The Morgan fingerprint density at radius 2 is 2.17 bits per heavy atom. The van der Waals surface area contributed by atoms with E-state index in [0.29, 0.717) is 12.1 Å². The normalized spacial score (nSPS) is 12.4. The molecule has 0 saturated carbocycles. The summed E-state index contributed by atoms with van der Waals surface area (Å²) in [5, 5.41) is 3.01. The van der Waals surface area contributed by atoms with E-state index in [9.17, 15) is 4.91 Å². The van der Waals surface area contributed by atoms with E-state index in [1.807, 2.05) is 25.1 Å². The number of nitrogen functional groups attached to an aromatic ring is 1. The third kappa shape index (κ3) is 1.61. The minimum Gasteiger partial charge on any atom is -0.398 e. The monoisotopic (exact) mass is 164 g/mol. The van der Waals surface area contributed by atoms with Crippen molar-refractivity contribution < 1.29 is 0 Å². The highest BCUT2D eigenvalue weighted by atomic mass is 16.3. The fourth-order valence-corrected chi connectivity index (χ4v) is 1.17. The van der Waals surface area contributed by atoms with Crippen LogP contribution in [0.1, 0.15) is 24.9 Å². The number of hydrogen-bond acceptors (Lipinski definition) is 3. The van der Waals surface area contributed by atoms with Crippen molar-refractivity contribution in [3.05, 3.63) is 34.7 Å². The van der Waals surface area contributed by atoms with Gasteiger partial charge in [0.05, 0.1) is 0 Å². The zero-order chi connectivity index (χ0) is 8.97. The Labute approximate surface area is 71.6 Å². The van der Waals surface area contributed by atoms with E-state index in [0.717, 1.165) is 5.56 Å². The second kappa shape index (κ2) is 3.85. The molecular formula is C9H12N2O. The number of para-hydroxylation sites is 1. The van der Waals surface area contributed by atoms with Crippen molar-refractivity contribution in [2.75, 3.05) is 5.73 Å². The minimum atomic E-state index is -0.300. The topological polar surface area (TPSA) is 55.5 Å². The molecule has 0 heterocycles. The Morgan fingerprint density at radius 3 is 2.67 bits per heavy atom. The molecule has 0 aliphatic carbocycles. The average Bonchev–Trinajstić information content (AvgIpc) is 2.10. The van der Waals surface area contributed by atoms with Gasteiger partial charge in [-0.3, -0.25) is 0 Å². The van der Waals surface area contributed by atoms with Crippen LogP contribution in [0.25, 0.3) is 0 Å². The number of nitrogens with two attached hydrogens (primary N) is 1. The molecule has 0 spiro atoms. The first-order valence-corrected chi connectivity index (χ1v) is 3.96. The molecule has 1 atom stereocenters. The van der Waals surface area contributed by atoms with Crippen LogP contribution in [0.15, 0.2) is 29.4 Å². The first-order valence-electron chi connectivity index (χ1n) is 3.96. The lowest BCUT2D eigenvalue weighted by molar-refractivity contribution is 0.697. The van der Waals surface area contributed by atoms with Crippen LogP contribution >= 0.6 is 0 Å². The zero-order valence-corrected chi connectivity index (χ0v) is 7.03. The van der Waals surface area contributed by atoms with Crippen molar-refractivity contribution in [3.63, 3.8) is 0 Å². The SMILES string of the molecule is CCC(N=O)c1ccccc1N. The summed E-state index contributed by atoms with van der Waals surface area (Å²) in [5.41, 5.74) is 7.14. The van der Waals surface area contributed by atoms with Gasteiger partial charge < -0.3 is 5.73 Å². The van der Waals surface area contributed by atoms with Crippen LogP contribution in [0.3, 0.4) is 0 Å². The first-order chi connectivity index (χ1) is 5.79. The van der Waals surface area contributed by atoms with Crippen molar-refractivity contribution in [1.82, 2.24) is 0 Å². The Bertz CT molecular complexity index is 273. The van der Waals surface area contributed by atoms with Gasteiger partial charge in [0.15, 0.2) is 0 Å². The molecule has 1 unspecified atom stereocenters. The molecule has 1 aromatic carbocycles. The molecule has 0 aliphatic heterocycles. The van der Waals surface area contributed by atoms with Crippen LogP contribution in [0, 0.1) is 4.91 Å². The van der Waals surface area contributed by atoms with Crippen LogP contribution in [0.5, 0.6) is 0 Å². The molecule has 0 fully saturated rings. The van der Waals surface area contributed by atoms with Crippen LogP contribution in [-0.2, 0) is 0 Å². The molecule has 3 nitrogen and oxygen atoms in total. The first kappa shape index (κ1) is 8.71. The molecule has 12 heavy (non-hydrogen) atoms. The van der Waals surface area contributed by atoms with Crippen molar-refractivity contribution >= 4 is 5.69 Å². The van der Waals surface area contributed by atoms with E-state index < -0.39 is 0 Å². The largest absolute Gasteiger partial charge is 0.398 e. The number of anilines is 1. The molecule has 1 aromatic rings. The number of nitrogens with zero attached hydrogens (tertiary/aromatic N) is 1. The molecule has 64 valence electrons. The smallest absolute Gasteiger partial charge is 0.119 e. The maximum atomic E-state index is 10.4. The Kier molecular flexibility index (Phi) is 2.80. The summed E-state index contributed by atoms with van der Waals surface area (Å²) >= 11 is 0. The minimum absolute atomic E-state index is 0.300. The Morgan fingerprint density at radius 1 is 1.50 bits per heavy atom. The molecule has 0 aromatic heterocycles. The molecule has 0 amide bonds. The van der Waals surface area contributed by atoms with E-state index >= 15 is 0 Å². The number of nitroso groups, excluding NO2 is 1. The molecule has 0 bridgehead atoms. The molecule has 3 heteroatoms. The lowest BCUT2D eigenvalue weighted by Crippen LogP contribution is -1.98. The van der Waals surface area contributed by atoms with Crippen LogP contribution < -0.4 is 5.73 Å². The predicted molar refractivity (Wildman–Crippen MR) is 49.7 cm³/mol. The van der Waals surface area contributed by atoms with Crippen LogP contribution in [0.2, 0.25) is 0 Å². The fourth-order valence-electron chi connectivity index (χ4n) is 1.17. The summed E-state index contributed by atoms with van der Waals surface area (Å²) in [6.45, 7) is 1.92. The van der Waals surface area contributed by atoms with Crippen molar-refractivity contribution in [1.29, 1.82) is 0 Å². The van der Waals surface area contributed by atoms with Gasteiger partial charge in [-0.05, 0) is 12.5 Å². The molecular weight excluding hydrogens is 152 g/mol. The van der Waals surface area contributed by atoms with Gasteiger partial charge in [-0.15, -0.1) is 0 Å². The lowest BCUT2D eigenvalue weighted by Gasteiger charge is -2.08. The summed E-state index contributed by atoms with van der Waals surface area (Å²) in [4.78, 5) is 10.4. The van der Waals surface area contributed by atoms with Gasteiger partial charge >= 0.3 is 0 Å². The molecule has 1 rings (SSSR count). The van der Waals surface area contributed by atoms with Crippen molar-refractivity contribution in [2.24, 2.45) is 5.18 Å². The zero-order valence-electron chi connectivity index (χ0n) is 7.03. The molecule has 0 aliphatic rings. The Hall–Kier alpha value is -1.38.